The first-order chi connectivity index (χ1) is 7.09. The van der Waals surface area contributed by atoms with Gasteiger partial charge in [0.25, 0.3) is 0 Å². The molecule has 1 saturated carbocycles. The maximum atomic E-state index is 2.46. The molecule has 0 aromatic heterocycles. The molecule has 1 aromatic rings. The van der Waals surface area contributed by atoms with E-state index in [0.29, 0.717) is 11.8 Å². The van der Waals surface area contributed by atoms with Gasteiger partial charge in [-0.3, -0.25) is 0 Å². The van der Waals surface area contributed by atoms with Crippen LogP contribution in [0.5, 0.6) is 0 Å². The van der Waals surface area contributed by atoms with Crippen LogP contribution in [0, 0.1) is 0 Å². The monoisotopic (exact) mass is 202 g/mol. The lowest BCUT2D eigenvalue weighted by Crippen LogP contribution is -1.99. The number of hydrogen-bond acceptors (Lipinski definition) is 0. The number of hydrogen-bond donors (Lipinski definition) is 0. The minimum atomic E-state index is 0.649. The van der Waals surface area contributed by atoms with E-state index in [1.807, 2.05) is 0 Å². The molecule has 0 aliphatic heterocycles. The Hall–Kier alpha value is -0.780. The molecule has 1 aliphatic carbocycles. The van der Waals surface area contributed by atoms with Crippen LogP contribution >= 0.6 is 0 Å². The first-order valence-corrected chi connectivity index (χ1v) is 6.23. The van der Waals surface area contributed by atoms with Crippen molar-refractivity contribution in [1.29, 1.82) is 0 Å². The molecule has 0 spiro atoms. The van der Waals surface area contributed by atoms with Gasteiger partial charge in [-0.2, -0.15) is 0 Å². The molecule has 0 unspecified atom stereocenters. The average Bonchev–Trinajstić information content (AvgIpc) is 2.99. The smallest absolute Gasteiger partial charge is 0.0161 e. The highest BCUT2D eigenvalue weighted by atomic mass is 14.3. The summed E-state index contributed by atoms with van der Waals surface area (Å²) in [5.41, 5.74) is 4.67. The molecule has 0 radical (unpaired) electrons. The molecule has 1 fully saturated rings. The molecule has 0 heteroatoms. The van der Waals surface area contributed by atoms with Crippen molar-refractivity contribution in [2.45, 2.75) is 58.3 Å². The van der Waals surface area contributed by atoms with Gasteiger partial charge in [0.05, 0.1) is 0 Å². The van der Waals surface area contributed by atoms with Crippen LogP contribution in [0.15, 0.2) is 18.2 Å². The molecule has 0 N–H and O–H groups in total. The van der Waals surface area contributed by atoms with Gasteiger partial charge in [-0.25, -0.2) is 0 Å². The predicted octanol–water partition coefficient (Wildman–Crippen LogP) is 4.81. The van der Waals surface area contributed by atoms with E-state index < -0.39 is 0 Å². The summed E-state index contributed by atoms with van der Waals surface area (Å²) in [6.45, 7) is 9.19. The summed E-state index contributed by atoms with van der Waals surface area (Å²) in [5, 5.41) is 0. The standard InChI is InChI=1S/C15H22/c1-10(2)14-8-7-13(12-5-6-12)9-15(14)11(3)4/h7-12H,5-6H2,1-4H3. The van der Waals surface area contributed by atoms with Crippen LogP contribution in [-0.2, 0) is 0 Å². The third-order valence-corrected chi connectivity index (χ3v) is 3.40. The molecule has 0 bridgehead atoms. The van der Waals surface area contributed by atoms with Gasteiger partial charge in [-0.05, 0) is 47.3 Å². The Labute approximate surface area is 93.7 Å². The van der Waals surface area contributed by atoms with Crippen LogP contribution in [-0.4, -0.2) is 0 Å². The zero-order valence-electron chi connectivity index (χ0n) is 10.4. The normalized spacial score (nSPS) is 16.4. The maximum Gasteiger partial charge on any atom is -0.0161 e. The van der Waals surface area contributed by atoms with Gasteiger partial charge >= 0.3 is 0 Å². The second kappa shape index (κ2) is 4.00. The van der Waals surface area contributed by atoms with Gasteiger partial charge in [0, 0.05) is 0 Å². The molecular formula is C15H22. The Morgan fingerprint density at radius 1 is 0.933 bits per heavy atom. The van der Waals surface area contributed by atoms with E-state index >= 15 is 0 Å². The molecule has 0 saturated heterocycles. The summed E-state index contributed by atoms with van der Waals surface area (Å²) in [7, 11) is 0. The summed E-state index contributed by atoms with van der Waals surface area (Å²) in [4.78, 5) is 0. The number of benzene rings is 1. The molecule has 2 rings (SSSR count). The Bertz CT molecular complexity index is 343. The molecular weight excluding hydrogens is 180 g/mol. The highest BCUT2D eigenvalue weighted by Crippen LogP contribution is 2.41. The van der Waals surface area contributed by atoms with Gasteiger partial charge in [-0.1, -0.05) is 45.9 Å². The molecule has 82 valence electrons. The topological polar surface area (TPSA) is 0 Å². The summed E-state index contributed by atoms with van der Waals surface area (Å²) < 4.78 is 0. The van der Waals surface area contributed by atoms with Crippen molar-refractivity contribution in [3.63, 3.8) is 0 Å². The summed E-state index contributed by atoms with van der Waals surface area (Å²) in [5.74, 6) is 2.18. The largest absolute Gasteiger partial charge is 0.0587 e. The second-order valence-electron chi connectivity index (χ2n) is 5.47. The van der Waals surface area contributed by atoms with Crippen molar-refractivity contribution >= 4 is 0 Å². The van der Waals surface area contributed by atoms with Crippen LogP contribution in [0.1, 0.15) is 75.0 Å². The SMILES string of the molecule is CC(C)c1ccc(C2CC2)cc1C(C)C. The molecule has 0 amide bonds. The first-order valence-electron chi connectivity index (χ1n) is 6.23. The highest BCUT2D eigenvalue weighted by Gasteiger charge is 2.24. The van der Waals surface area contributed by atoms with Gasteiger partial charge in [0.2, 0.25) is 0 Å². The highest BCUT2D eigenvalue weighted by molar-refractivity contribution is 5.38. The van der Waals surface area contributed by atoms with Crippen molar-refractivity contribution < 1.29 is 0 Å². The van der Waals surface area contributed by atoms with Crippen molar-refractivity contribution in [2.24, 2.45) is 0 Å². The molecule has 15 heavy (non-hydrogen) atoms. The fourth-order valence-corrected chi connectivity index (χ4v) is 2.29. The summed E-state index contributed by atoms with van der Waals surface area (Å²) in [6, 6.07) is 7.16. The zero-order chi connectivity index (χ0) is 11.0. The first kappa shape index (κ1) is 10.7. The van der Waals surface area contributed by atoms with E-state index in [1.54, 1.807) is 11.1 Å². The second-order valence-corrected chi connectivity index (χ2v) is 5.47. The van der Waals surface area contributed by atoms with Gasteiger partial charge in [0.15, 0.2) is 0 Å². The lowest BCUT2D eigenvalue weighted by molar-refractivity contribution is 0.786. The molecule has 1 aliphatic rings. The quantitative estimate of drug-likeness (QED) is 0.659. The van der Waals surface area contributed by atoms with Crippen LogP contribution in [0.4, 0.5) is 0 Å². The number of rotatable bonds is 3. The van der Waals surface area contributed by atoms with Gasteiger partial charge < -0.3 is 0 Å². The van der Waals surface area contributed by atoms with E-state index in [4.69, 9.17) is 0 Å². The Morgan fingerprint density at radius 3 is 2.00 bits per heavy atom. The van der Waals surface area contributed by atoms with E-state index in [1.165, 1.54) is 18.4 Å². The Morgan fingerprint density at radius 2 is 1.53 bits per heavy atom. The fourth-order valence-electron chi connectivity index (χ4n) is 2.29. The molecule has 0 nitrogen and oxygen atoms in total. The summed E-state index contributed by atoms with van der Waals surface area (Å²) in [6.07, 6.45) is 2.80. The van der Waals surface area contributed by atoms with Crippen molar-refractivity contribution in [3.8, 4) is 0 Å². The maximum absolute atomic E-state index is 2.46. The average molecular weight is 202 g/mol. The van der Waals surface area contributed by atoms with Crippen molar-refractivity contribution in [2.75, 3.05) is 0 Å². The lowest BCUT2D eigenvalue weighted by Gasteiger charge is -2.17. The van der Waals surface area contributed by atoms with Gasteiger partial charge in [-0.15, -0.1) is 0 Å². The van der Waals surface area contributed by atoms with Crippen LogP contribution in [0.25, 0.3) is 0 Å². The van der Waals surface area contributed by atoms with Crippen LogP contribution < -0.4 is 0 Å². The van der Waals surface area contributed by atoms with E-state index in [2.05, 4.69) is 45.9 Å². The van der Waals surface area contributed by atoms with E-state index in [-0.39, 0.29) is 0 Å². The predicted molar refractivity (Wildman–Crippen MR) is 66.6 cm³/mol. The van der Waals surface area contributed by atoms with Crippen LogP contribution in [0.3, 0.4) is 0 Å². The summed E-state index contributed by atoms with van der Waals surface area (Å²) >= 11 is 0. The van der Waals surface area contributed by atoms with Crippen LogP contribution in [0.2, 0.25) is 0 Å². The van der Waals surface area contributed by atoms with E-state index in [9.17, 15) is 0 Å². The zero-order valence-corrected chi connectivity index (χ0v) is 10.4. The lowest BCUT2D eigenvalue weighted by atomic mass is 9.88. The third-order valence-electron chi connectivity index (χ3n) is 3.40. The third kappa shape index (κ3) is 2.25. The Kier molecular flexibility index (Phi) is 2.86. The minimum Gasteiger partial charge on any atom is -0.0587 e. The molecule has 1 aromatic carbocycles. The van der Waals surface area contributed by atoms with Gasteiger partial charge in [0.1, 0.15) is 0 Å². The Balaban J connectivity index is 2.39. The fraction of sp³-hybridized carbons (Fsp3) is 0.600. The molecule has 0 atom stereocenters. The van der Waals surface area contributed by atoms with Crippen molar-refractivity contribution in [3.05, 3.63) is 34.9 Å². The van der Waals surface area contributed by atoms with Crippen molar-refractivity contribution in [1.82, 2.24) is 0 Å². The molecule has 0 heterocycles. The minimum absolute atomic E-state index is 0.649. The van der Waals surface area contributed by atoms with E-state index in [0.717, 1.165) is 5.92 Å².